The highest BCUT2D eigenvalue weighted by atomic mass is 32.1. The minimum absolute atomic E-state index is 0.00475. The fourth-order valence-corrected chi connectivity index (χ4v) is 4.03. The van der Waals surface area contributed by atoms with Crippen LogP contribution in [0.2, 0.25) is 0 Å². The molecule has 2 rings (SSSR count). The topological polar surface area (TPSA) is 49.9 Å². The number of hydrogen-bond acceptors (Lipinski definition) is 5. The number of methoxy groups -OCH3 is 1. The number of amides is 2. The van der Waals surface area contributed by atoms with E-state index in [0.29, 0.717) is 17.8 Å². The number of carbonyl (C=O) groups excluding carboxylic acids is 2. The third-order valence-electron chi connectivity index (χ3n) is 3.43. The van der Waals surface area contributed by atoms with Gasteiger partial charge in [0.05, 0.1) is 9.75 Å². The fourth-order valence-electron chi connectivity index (χ4n) is 2.18. The molecule has 130 valence electrons. The first kappa shape index (κ1) is 18.6. The van der Waals surface area contributed by atoms with Crippen LogP contribution in [0.15, 0.2) is 24.3 Å². The van der Waals surface area contributed by atoms with Gasteiger partial charge in [0, 0.05) is 37.5 Å². The Bertz CT molecular complexity index is 706. The summed E-state index contributed by atoms with van der Waals surface area (Å²) in [5.74, 6) is -0.0127. The highest BCUT2D eigenvalue weighted by molar-refractivity contribution is 7.14. The smallest absolute Gasteiger partial charge is 0.265 e. The van der Waals surface area contributed by atoms with Crippen LogP contribution >= 0.6 is 22.7 Å². The molecule has 24 heavy (non-hydrogen) atoms. The first-order chi connectivity index (χ1) is 11.4. The van der Waals surface area contributed by atoms with Crippen LogP contribution in [0.4, 0.5) is 0 Å². The Balaban J connectivity index is 2.01. The van der Waals surface area contributed by atoms with Gasteiger partial charge in [-0.25, -0.2) is 0 Å². The zero-order chi connectivity index (χ0) is 17.7. The lowest BCUT2D eigenvalue weighted by Crippen LogP contribution is -2.34. The van der Waals surface area contributed by atoms with Gasteiger partial charge in [-0.15, -0.1) is 22.7 Å². The van der Waals surface area contributed by atoms with Gasteiger partial charge >= 0.3 is 0 Å². The Morgan fingerprint density at radius 1 is 1.04 bits per heavy atom. The van der Waals surface area contributed by atoms with E-state index in [1.165, 1.54) is 22.7 Å². The van der Waals surface area contributed by atoms with Gasteiger partial charge in [0.2, 0.25) is 0 Å². The quantitative estimate of drug-likeness (QED) is 0.708. The number of thiophene rings is 2. The molecule has 0 aliphatic rings. The number of aryl methyl sites for hydroxylation is 1. The first-order valence-corrected chi connectivity index (χ1v) is 9.20. The van der Waals surface area contributed by atoms with Gasteiger partial charge in [-0.1, -0.05) is 0 Å². The normalized spacial score (nSPS) is 10.7. The summed E-state index contributed by atoms with van der Waals surface area (Å²) in [6, 6.07) is 7.59. The molecule has 2 amide bonds. The van der Waals surface area contributed by atoms with Crippen molar-refractivity contribution in [1.29, 1.82) is 0 Å². The standard InChI is InChI=1S/C17H22N2O3S2/c1-12-5-7-15(23-12)17(21)19(11-22-4)10-9-13-6-8-14(24-13)16(20)18(2)3/h5-8H,9-11H2,1-4H3. The molecule has 7 heteroatoms. The summed E-state index contributed by atoms with van der Waals surface area (Å²) in [6.45, 7) is 2.79. The molecule has 0 N–H and O–H groups in total. The van der Waals surface area contributed by atoms with Crippen molar-refractivity contribution < 1.29 is 14.3 Å². The number of nitrogens with zero attached hydrogens (tertiary/aromatic N) is 2. The van der Waals surface area contributed by atoms with Crippen LogP contribution < -0.4 is 0 Å². The summed E-state index contributed by atoms with van der Waals surface area (Å²) in [4.78, 5) is 31.4. The Hall–Kier alpha value is -1.70. The molecule has 0 saturated heterocycles. The zero-order valence-corrected chi connectivity index (χ0v) is 16.0. The Morgan fingerprint density at radius 3 is 2.29 bits per heavy atom. The van der Waals surface area contributed by atoms with Gasteiger partial charge in [0.25, 0.3) is 11.8 Å². The average Bonchev–Trinajstić information content (AvgIpc) is 3.19. The third-order valence-corrected chi connectivity index (χ3v) is 5.55. The molecular formula is C17H22N2O3S2. The summed E-state index contributed by atoms with van der Waals surface area (Å²) in [5.41, 5.74) is 0. The van der Waals surface area contributed by atoms with Gasteiger partial charge in [-0.2, -0.15) is 0 Å². The van der Waals surface area contributed by atoms with Crippen molar-refractivity contribution >= 4 is 34.5 Å². The van der Waals surface area contributed by atoms with Crippen molar-refractivity contribution in [1.82, 2.24) is 9.80 Å². The van der Waals surface area contributed by atoms with Gasteiger partial charge in [-0.3, -0.25) is 9.59 Å². The van der Waals surface area contributed by atoms with Gasteiger partial charge in [-0.05, 0) is 37.6 Å². The molecule has 0 aliphatic heterocycles. The van der Waals surface area contributed by atoms with E-state index in [-0.39, 0.29) is 18.5 Å². The molecule has 5 nitrogen and oxygen atoms in total. The summed E-state index contributed by atoms with van der Waals surface area (Å²) in [5, 5.41) is 0. The monoisotopic (exact) mass is 366 g/mol. The van der Waals surface area contributed by atoms with Crippen LogP contribution in [0.5, 0.6) is 0 Å². The van der Waals surface area contributed by atoms with Crippen LogP contribution in [0, 0.1) is 6.92 Å². The lowest BCUT2D eigenvalue weighted by Gasteiger charge is -2.20. The molecule has 0 bridgehead atoms. The number of rotatable bonds is 7. The number of ether oxygens (including phenoxy) is 1. The van der Waals surface area contributed by atoms with Crippen molar-refractivity contribution in [2.75, 3.05) is 34.5 Å². The number of carbonyl (C=O) groups is 2. The van der Waals surface area contributed by atoms with Crippen molar-refractivity contribution in [2.24, 2.45) is 0 Å². The van der Waals surface area contributed by atoms with E-state index < -0.39 is 0 Å². The predicted octanol–water partition coefficient (Wildman–Crippen LogP) is 3.11. The second kappa shape index (κ2) is 8.41. The van der Waals surface area contributed by atoms with Crippen LogP contribution in [-0.4, -0.2) is 56.1 Å². The molecule has 0 spiro atoms. The Kier molecular flexibility index (Phi) is 6.53. The molecule has 0 saturated carbocycles. The summed E-state index contributed by atoms with van der Waals surface area (Å²) >= 11 is 2.96. The van der Waals surface area contributed by atoms with E-state index in [2.05, 4.69) is 0 Å². The molecule has 0 atom stereocenters. The van der Waals surface area contributed by atoms with Crippen molar-refractivity contribution in [2.45, 2.75) is 13.3 Å². The molecule has 0 radical (unpaired) electrons. The summed E-state index contributed by atoms with van der Waals surface area (Å²) < 4.78 is 5.17. The molecule has 2 heterocycles. The zero-order valence-electron chi connectivity index (χ0n) is 14.4. The molecule has 0 aromatic carbocycles. The van der Waals surface area contributed by atoms with Crippen molar-refractivity contribution in [3.63, 3.8) is 0 Å². The highest BCUT2D eigenvalue weighted by Gasteiger charge is 2.18. The highest BCUT2D eigenvalue weighted by Crippen LogP contribution is 2.20. The van der Waals surface area contributed by atoms with Crippen LogP contribution in [0.3, 0.4) is 0 Å². The van der Waals surface area contributed by atoms with E-state index in [1.807, 2.05) is 31.2 Å². The maximum absolute atomic E-state index is 12.6. The molecule has 0 unspecified atom stereocenters. The van der Waals surface area contributed by atoms with Crippen LogP contribution in [0.25, 0.3) is 0 Å². The third kappa shape index (κ3) is 4.66. The second-order valence-corrected chi connectivity index (χ2v) is 8.07. The predicted molar refractivity (Wildman–Crippen MR) is 98.0 cm³/mol. The largest absolute Gasteiger partial charge is 0.364 e. The van der Waals surface area contributed by atoms with E-state index in [0.717, 1.165) is 14.6 Å². The maximum Gasteiger partial charge on any atom is 0.265 e. The minimum Gasteiger partial charge on any atom is -0.364 e. The van der Waals surface area contributed by atoms with E-state index in [1.54, 1.807) is 31.0 Å². The van der Waals surface area contributed by atoms with Gasteiger partial charge in [0.15, 0.2) is 0 Å². The summed E-state index contributed by atoms with van der Waals surface area (Å²) in [7, 11) is 5.06. The molecule has 0 fully saturated rings. The van der Waals surface area contributed by atoms with Crippen molar-refractivity contribution in [3.8, 4) is 0 Å². The van der Waals surface area contributed by atoms with E-state index in [4.69, 9.17) is 4.74 Å². The molecule has 2 aromatic heterocycles. The lowest BCUT2D eigenvalue weighted by molar-refractivity contribution is 0.0427. The number of hydrogen-bond donors (Lipinski definition) is 0. The van der Waals surface area contributed by atoms with E-state index >= 15 is 0 Å². The van der Waals surface area contributed by atoms with Gasteiger partial charge in [0.1, 0.15) is 6.73 Å². The Labute approximate surface area is 150 Å². The van der Waals surface area contributed by atoms with Crippen molar-refractivity contribution in [3.05, 3.63) is 43.8 Å². The maximum atomic E-state index is 12.6. The molecular weight excluding hydrogens is 344 g/mol. The van der Waals surface area contributed by atoms with Crippen LogP contribution in [0.1, 0.15) is 29.1 Å². The van der Waals surface area contributed by atoms with Gasteiger partial charge < -0.3 is 14.5 Å². The van der Waals surface area contributed by atoms with E-state index in [9.17, 15) is 9.59 Å². The SMILES string of the molecule is COCN(CCc1ccc(C(=O)N(C)C)s1)C(=O)c1ccc(C)s1. The first-order valence-electron chi connectivity index (χ1n) is 7.57. The minimum atomic E-state index is -0.0175. The Morgan fingerprint density at radius 2 is 1.71 bits per heavy atom. The molecule has 2 aromatic rings. The second-order valence-electron chi connectivity index (χ2n) is 5.61. The average molecular weight is 367 g/mol. The lowest BCUT2D eigenvalue weighted by atomic mass is 10.3. The summed E-state index contributed by atoms with van der Waals surface area (Å²) in [6.07, 6.45) is 0.699. The fraction of sp³-hybridized carbons (Fsp3) is 0.412. The van der Waals surface area contributed by atoms with Crippen LogP contribution in [-0.2, 0) is 11.2 Å². The molecule has 0 aliphatic carbocycles.